The highest BCUT2D eigenvalue weighted by Crippen LogP contribution is 2.09. The fourth-order valence-electron chi connectivity index (χ4n) is 2.58. The topological polar surface area (TPSA) is 18.5 Å². The van der Waals surface area contributed by atoms with Crippen molar-refractivity contribution in [3.05, 3.63) is 30.3 Å². The summed E-state index contributed by atoms with van der Waals surface area (Å²) in [4.78, 5) is 0. The molecule has 4 heteroatoms. The molecule has 0 unspecified atom stereocenters. The van der Waals surface area contributed by atoms with E-state index in [1.54, 1.807) is 0 Å². The van der Waals surface area contributed by atoms with Crippen molar-refractivity contribution >= 4 is 0 Å². The summed E-state index contributed by atoms with van der Waals surface area (Å²) in [6, 6.07) is 9.91. The molecule has 0 saturated heterocycles. The van der Waals surface area contributed by atoms with Crippen LogP contribution in [0.1, 0.15) is 45.4 Å². The van der Waals surface area contributed by atoms with E-state index in [1.165, 1.54) is 45.1 Å². The Hall–Kier alpha value is -0.770. The highest BCUT2D eigenvalue weighted by Gasteiger charge is 2.13. The molecule has 0 heterocycles. The summed E-state index contributed by atoms with van der Waals surface area (Å²) in [5, 5.41) is 0. The monoisotopic (exact) mass is 357 g/mol. The van der Waals surface area contributed by atoms with E-state index in [0.29, 0.717) is 13.2 Å². The minimum absolute atomic E-state index is 0. The van der Waals surface area contributed by atoms with Gasteiger partial charge in [0.25, 0.3) is 0 Å². The Morgan fingerprint density at radius 3 is 2.17 bits per heavy atom. The summed E-state index contributed by atoms with van der Waals surface area (Å²) in [6.07, 6.45) is 8.20. The first kappa shape index (κ1) is 23.2. The third-order valence-electron chi connectivity index (χ3n) is 4.20. The molecule has 0 saturated carbocycles. The van der Waals surface area contributed by atoms with Crippen molar-refractivity contribution in [1.29, 1.82) is 0 Å². The minimum atomic E-state index is 0. The zero-order valence-corrected chi connectivity index (χ0v) is 16.6. The molecule has 1 rings (SSSR count). The highest BCUT2D eigenvalue weighted by molar-refractivity contribution is 5.20. The highest BCUT2D eigenvalue weighted by atomic mass is 35.5. The molecule has 140 valence electrons. The molecule has 0 aliphatic heterocycles. The van der Waals surface area contributed by atoms with Gasteiger partial charge in [-0.05, 0) is 25.0 Å². The van der Waals surface area contributed by atoms with Crippen LogP contribution in [0.25, 0.3) is 0 Å². The maximum Gasteiger partial charge on any atom is 0.119 e. The fourth-order valence-corrected chi connectivity index (χ4v) is 2.58. The molecular formula is C20H36ClNO2. The molecule has 3 nitrogen and oxygen atoms in total. The van der Waals surface area contributed by atoms with Crippen molar-refractivity contribution in [1.82, 2.24) is 0 Å². The van der Waals surface area contributed by atoms with Crippen molar-refractivity contribution < 1.29 is 26.4 Å². The van der Waals surface area contributed by atoms with Crippen LogP contribution in [-0.2, 0) is 4.74 Å². The van der Waals surface area contributed by atoms with Crippen LogP contribution in [0.3, 0.4) is 0 Å². The Kier molecular flexibility index (Phi) is 14.1. The molecule has 0 amide bonds. The average Bonchev–Trinajstić information content (AvgIpc) is 2.55. The molecule has 0 spiro atoms. The van der Waals surface area contributed by atoms with E-state index >= 15 is 0 Å². The molecule has 0 radical (unpaired) electrons. The van der Waals surface area contributed by atoms with Gasteiger partial charge in [0.2, 0.25) is 0 Å². The molecular weight excluding hydrogens is 322 g/mol. The Balaban J connectivity index is 0.00000529. The number of unbranched alkanes of at least 4 members (excludes halogenated alkanes) is 5. The number of hydrogen-bond acceptors (Lipinski definition) is 2. The molecule has 0 fully saturated rings. The predicted molar refractivity (Wildman–Crippen MR) is 98.0 cm³/mol. The van der Waals surface area contributed by atoms with Gasteiger partial charge in [-0.3, -0.25) is 0 Å². The number of quaternary nitrogens is 1. The van der Waals surface area contributed by atoms with Gasteiger partial charge in [-0.1, -0.05) is 50.8 Å². The van der Waals surface area contributed by atoms with Gasteiger partial charge < -0.3 is 26.4 Å². The maximum absolute atomic E-state index is 5.71. The Bertz CT molecular complexity index is 384. The molecule has 0 bridgehead atoms. The van der Waals surface area contributed by atoms with Gasteiger partial charge in [0.1, 0.15) is 18.9 Å². The second-order valence-electron chi connectivity index (χ2n) is 6.92. The van der Waals surface area contributed by atoms with Crippen molar-refractivity contribution in [2.75, 3.05) is 47.0 Å². The van der Waals surface area contributed by atoms with Gasteiger partial charge in [0.15, 0.2) is 0 Å². The molecule has 0 N–H and O–H groups in total. The van der Waals surface area contributed by atoms with Gasteiger partial charge in [-0.15, -0.1) is 0 Å². The molecule has 1 aromatic carbocycles. The summed E-state index contributed by atoms with van der Waals surface area (Å²) in [5.74, 6) is 0.912. The zero-order chi connectivity index (χ0) is 16.8. The van der Waals surface area contributed by atoms with E-state index in [0.717, 1.165) is 23.4 Å². The number of benzene rings is 1. The molecule has 24 heavy (non-hydrogen) atoms. The zero-order valence-electron chi connectivity index (χ0n) is 15.8. The quantitative estimate of drug-likeness (QED) is 0.371. The molecule has 0 atom stereocenters. The van der Waals surface area contributed by atoms with Crippen LogP contribution in [0.2, 0.25) is 0 Å². The average molecular weight is 358 g/mol. The first-order valence-corrected chi connectivity index (χ1v) is 9.21. The van der Waals surface area contributed by atoms with Gasteiger partial charge in [0.05, 0.1) is 33.9 Å². The first-order chi connectivity index (χ1) is 11.1. The van der Waals surface area contributed by atoms with E-state index in [9.17, 15) is 0 Å². The minimum Gasteiger partial charge on any atom is -1.00 e. The number of rotatable bonds is 14. The Labute approximate surface area is 155 Å². The lowest BCUT2D eigenvalue weighted by atomic mass is 10.1. The van der Waals surface area contributed by atoms with Crippen LogP contribution in [0, 0.1) is 0 Å². The van der Waals surface area contributed by atoms with E-state index in [4.69, 9.17) is 9.47 Å². The van der Waals surface area contributed by atoms with Gasteiger partial charge in [-0.25, -0.2) is 0 Å². The number of hydrogen-bond donors (Lipinski definition) is 0. The van der Waals surface area contributed by atoms with Crippen LogP contribution in [0.15, 0.2) is 30.3 Å². The standard InChI is InChI=1S/C20H36NO2.ClH/c1-4-5-6-7-8-12-15-21(2,3)16-17-22-18-19-23-20-13-10-9-11-14-20;/h9-11,13-14H,4-8,12,15-19H2,1-3H3;1H/q+1;/p-1. The van der Waals surface area contributed by atoms with Gasteiger partial charge in [-0.2, -0.15) is 0 Å². The fraction of sp³-hybridized carbons (Fsp3) is 0.700. The van der Waals surface area contributed by atoms with E-state index in [2.05, 4.69) is 21.0 Å². The van der Waals surface area contributed by atoms with Crippen molar-refractivity contribution in [3.63, 3.8) is 0 Å². The van der Waals surface area contributed by atoms with Crippen LogP contribution < -0.4 is 17.1 Å². The summed E-state index contributed by atoms with van der Waals surface area (Å²) < 4.78 is 12.4. The second kappa shape index (κ2) is 14.6. The number of halogens is 1. The van der Waals surface area contributed by atoms with Crippen LogP contribution >= 0.6 is 0 Å². The number of para-hydroxylation sites is 1. The second-order valence-corrected chi connectivity index (χ2v) is 6.92. The first-order valence-electron chi connectivity index (χ1n) is 9.21. The molecule has 0 aliphatic carbocycles. The number of likely N-dealkylation sites (N-methyl/N-ethyl adjacent to an activating group) is 1. The van der Waals surface area contributed by atoms with Crippen LogP contribution in [0.5, 0.6) is 5.75 Å². The largest absolute Gasteiger partial charge is 1.00 e. The van der Waals surface area contributed by atoms with Crippen molar-refractivity contribution in [3.8, 4) is 5.75 Å². The number of nitrogens with zero attached hydrogens (tertiary/aromatic N) is 1. The Morgan fingerprint density at radius 1 is 0.792 bits per heavy atom. The third kappa shape index (κ3) is 12.6. The maximum atomic E-state index is 5.71. The van der Waals surface area contributed by atoms with Crippen LogP contribution in [-0.4, -0.2) is 51.5 Å². The summed E-state index contributed by atoms with van der Waals surface area (Å²) in [5.41, 5.74) is 0. The SMILES string of the molecule is CCCCCCCC[N+](C)(C)CCOCCOc1ccccc1.[Cl-]. The van der Waals surface area contributed by atoms with Crippen molar-refractivity contribution in [2.45, 2.75) is 45.4 Å². The summed E-state index contributed by atoms with van der Waals surface area (Å²) in [7, 11) is 4.60. The van der Waals surface area contributed by atoms with E-state index in [-0.39, 0.29) is 12.4 Å². The lowest BCUT2D eigenvalue weighted by molar-refractivity contribution is -0.891. The molecule has 0 aromatic heterocycles. The Morgan fingerprint density at radius 2 is 1.46 bits per heavy atom. The van der Waals surface area contributed by atoms with E-state index < -0.39 is 0 Å². The van der Waals surface area contributed by atoms with Gasteiger partial charge >= 0.3 is 0 Å². The van der Waals surface area contributed by atoms with Gasteiger partial charge in [0, 0.05) is 0 Å². The third-order valence-corrected chi connectivity index (χ3v) is 4.20. The normalized spacial score (nSPS) is 11.1. The lowest BCUT2D eigenvalue weighted by Crippen LogP contribution is -3.00. The smallest absolute Gasteiger partial charge is 0.119 e. The molecule has 0 aliphatic rings. The molecule has 1 aromatic rings. The summed E-state index contributed by atoms with van der Waals surface area (Å²) in [6.45, 7) is 6.67. The van der Waals surface area contributed by atoms with Crippen molar-refractivity contribution in [2.24, 2.45) is 0 Å². The summed E-state index contributed by atoms with van der Waals surface area (Å²) >= 11 is 0. The number of ether oxygens (including phenoxy) is 2. The predicted octanol–water partition coefficient (Wildman–Crippen LogP) is 1.52. The van der Waals surface area contributed by atoms with E-state index in [1.807, 2.05) is 30.3 Å². The lowest BCUT2D eigenvalue weighted by Gasteiger charge is -2.29. The van der Waals surface area contributed by atoms with Crippen LogP contribution in [0.4, 0.5) is 0 Å².